The van der Waals surface area contributed by atoms with Gasteiger partial charge in [-0.05, 0) is 32.9 Å². The van der Waals surface area contributed by atoms with Crippen molar-refractivity contribution in [2.24, 2.45) is 0 Å². The smallest absolute Gasteiger partial charge is 0.261 e. The fraction of sp³-hybridized carbons (Fsp3) is 0.429. The van der Waals surface area contributed by atoms with Crippen LogP contribution in [0.15, 0.2) is 24.3 Å². The maximum absolute atomic E-state index is 11.9. The van der Waals surface area contributed by atoms with E-state index in [0.29, 0.717) is 5.75 Å². The summed E-state index contributed by atoms with van der Waals surface area (Å²) in [5.41, 5.74) is 1.14. The minimum atomic E-state index is -0.174. The number of ether oxygens (including phenoxy) is 1. The summed E-state index contributed by atoms with van der Waals surface area (Å²) in [6.07, 6.45) is 0. The lowest BCUT2D eigenvalue weighted by Gasteiger charge is -2.23. The molecular formula is C14H18N2O2. The van der Waals surface area contributed by atoms with E-state index in [4.69, 9.17) is 10.00 Å². The van der Waals surface area contributed by atoms with Gasteiger partial charge in [-0.25, -0.2) is 0 Å². The molecule has 18 heavy (non-hydrogen) atoms. The zero-order chi connectivity index (χ0) is 13.5. The van der Waals surface area contributed by atoms with Crippen LogP contribution in [0.4, 0.5) is 0 Å². The van der Waals surface area contributed by atoms with Gasteiger partial charge < -0.3 is 9.64 Å². The van der Waals surface area contributed by atoms with Crippen molar-refractivity contribution in [2.45, 2.75) is 26.8 Å². The average Bonchev–Trinajstić information content (AvgIpc) is 2.34. The molecular weight excluding hydrogens is 228 g/mol. The van der Waals surface area contributed by atoms with E-state index < -0.39 is 0 Å². The molecule has 4 nitrogen and oxygen atoms in total. The third-order valence-electron chi connectivity index (χ3n) is 2.57. The van der Waals surface area contributed by atoms with Crippen LogP contribution in [0.1, 0.15) is 19.4 Å². The summed E-state index contributed by atoms with van der Waals surface area (Å²) >= 11 is 0. The Morgan fingerprint density at radius 1 is 1.39 bits per heavy atom. The van der Waals surface area contributed by atoms with Gasteiger partial charge in [0.15, 0.2) is 6.61 Å². The van der Waals surface area contributed by atoms with Crippen molar-refractivity contribution in [1.82, 2.24) is 4.90 Å². The Kier molecular flexibility index (Phi) is 5.19. The van der Waals surface area contributed by atoms with Gasteiger partial charge in [-0.2, -0.15) is 5.26 Å². The fourth-order valence-corrected chi connectivity index (χ4v) is 1.50. The van der Waals surface area contributed by atoms with Crippen molar-refractivity contribution in [2.75, 3.05) is 13.2 Å². The van der Waals surface area contributed by atoms with Crippen LogP contribution in [-0.4, -0.2) is 30.0 Å². The van der Waals surface area contributed by atoms with Crippen LogP contribution < -0.4 is 4.74 Å². The molecule has 0 heterocycles. The van der Waals surface area contributed by atoms with E-state index in [2.05, 4.69) is 0 Å². The number of carbonyl (C=O) groups excluding carboxylic acids is 1. The lowest BCUT2D eigenvalue weighted by atomic mass is 10.2. The zero-order valence-electron chi connectivity index (χ0n) is 11.0. The van der Waals surface area contributed by atoms with E-state index in [-0.39, 0.29) is 25.1 Å². The maximum Gasteiger partial charge on any atom is 0.261 e. The molecule has 0 atom stereocenters. The van der Waals surface area contributed by atoms with Crippen molar-refractivity contribution in [3.05, 3.63) is 29.8 Å². The molecule has 0 saturated carbocycles. The number of hydrogen-bond donors (Lipinski definition) is 0. The first kappa shape index (κ1) is 14.0. The maximum atomic E-state index is 11.9. The molecule has 1 amide bonds. The van der Waals surface area contributed by atoms with Crippen molar-refractivity contribution in [3.63, 3.8) is 0 Å². The Hall–Kier alpha value is -2.02. The van der Waals surface area contributed by atoms with E-state index in [1.165, 1.54) is 4.90 Å². The Balaban J connectivity index is 2.54. The molecule has 0 bridgehead atoms. The first-order valence-electron chi connectivity index (χ1n) is 5.90. The molecule has 96 valence electrons. The molecule has 0 saturated heterocycles. The standard InChI is InChI=1S/C14H18N2O2/c1-11(2)16(9-8-15)14(17)10-18-13-6-4-12(3)5-7-13/h4-7,11H,9-10H2,1-3H3. The molecule has 0 unspecified atom stereocenters. The highest BCUT2D eigenvalue weighted by Gasteiger charge is 2.16. The van der Waals surface area contributed by atoms with Crippen LogP contribution in [0.3, 0.4) is 0 Å². The predicted octanol–water partition coefficient (Wildman–Crippen LogP) is 2.13. The lowest BCUT2D eigenvalue weighted by molar-refractivity contribution is -0.134. The Morgan fingerprint density at radius 3 is 2.50 bits per heavy atom. The SMILES string of the molecule is Cc1ccc(OCC(=O)N(CC#N)C(C)C)cc1. The highest BCUT2D eigenvalue weighted by atomic mass is 16.5. The third-order valence-corrected chi connectivity index (χ3v) is 2.57. The summed E-state index contributed by atoms with van der Waals surface area (Å²) < 4.78 is 5.40. The Morgan fingerprint density at radius 2 is 2.00 bits per heavy atom. The second kappa shape index (κ2) is 6.65. The monoisotopic (exact) mass is 246 g/mol. The van der Waals surface area contributed by atoms with Gasteiger partial charge in [0.2, 0.25) is 0 Å². The topological polar surface area (TPSA) is 53.3 Å². The predicted molar refractivity (Wildman–Crippen MR) is 69.1 cm³/mol. The van der Waals surface area contributed by atoms with E-state index in [9.17, 15) is 4.79 Å². The molecule has 0 radical (unpaired) electrons. The number of amides is 1. The van der Waals surface area contributed by atoms with Crippen LogP contribution in [0, 0.1) is 18.3 Å². The zero-order valence-corrected chi connectivity index (χ0v) is 11.0. The summed E-state index contributed by atoms with van der Waals surface area (Å²) in [5.74, 6) is 0.488. The van der Waals surface area contributed by atoms with E-state index in [0.717, 1.165) is 5.56 Å². The molecule has 0 spiro atoms. The lowest BCUT2D eigenvalue weighted by Crippen LogP contribution is -2.40. The normalized spacial score (nSPS) is 9.94. The van der Waals surface area contributed by atoms with Crippen molar-refractivity contribution in [1.29, 1.82) is 5.26 Å². The summed E-state index contributed by atoms with van der Waals surface area (Å²) in [5, 5.41) is 8.67. The van der Waals surface area contributed by atoms with Crippen LogP contribution in [-0.2, 0) is 4.79 Å². The van der Waals surface area contributed by atoms with E-state index in [1.807, 2.05) is 51.1 Å². The number of hydrogen-bond acceptors (Lipinski definition) is 3. The number of nitriles is 1. The number of nitrogens with zero attached hydrogens (tertiary/aromatic N) is 2. The first-order chi connectivity index (χ1) is 8.54. The van der Waals surface area contributed by atoms with Crippen molar-refractivity contribution < 1.29 is 9.53 Å². The van der Waals surface area contributed by atoms with Gasteiger partial charge in [0, 0.05) is 6.04 Å². The first-order valence-corrected chi connectivity index (χ1v) is 5.90. The highest BCUT2D eigenvalue weighted by molar-refractivity contribution is 5.78. The van der Waals surface area contributed by atoms with Gasteiger partial charge in [0.05, 0.1) is 6.07 Å². The Bertz CT molecular complexity index is 432. The minimum absolute atomic E-state index is 0.00114. The number of rotatable bonds is 5. The Labute approximate surface area is 108 Å². The van der Waals surface area contributed by atoms with Gasteiger partial charge in [-0.1, -0.05) is 17.7 Å². The molecule has 4 heteroatoms. The third kappa shape index (κ3) is 4.10. The quantitative estimate of drug-likeness (QED) is 0.748. The van der Waals surface area contributed by atoms with Gasteiger partial charge in [0.1, 0.15) is 12.3 Å². The molecule has 0 aliphatic rings. The van der Waals surface area contributed by atoms with Gasteiger partial charge in [0.25, 0.3) is 5.91 Å². The molecule has 0 N–H and O–H groups in total. The molecule has 1 rings (SSSR count). The highest BCUT2D eigenvalue weighted by Crippen LogP contribution is 2.11. The van der Waals surface area contributed by atoms with Crippen molar-refractivity contribution in [3.8, 4) is 11.8 Å². The van der Waals surface area contributed by atoms with Crippen molar-refractivity contribution >= 4 is 5.91 Å². The van der Waals surface area contributed by atoms with Gasteiger partial charge >= 0.3 is 0 Å². The largest absolute Gasteiger partial charge is 0.484 e. The molecule has 0 fully saturated rings. The van der Waals surface area contributed by atoms with Gasteiger partial charge in [-0.3, -0.25) is 4.79 Å². The van der Waals surface area contributed by atoms with E-state index in [1.54, 1.807) is 0 Å². The summed E-state index contributed by atoms with van der Waals surface area (Å²) in [7, 11) is 0. The number of benzene rings is 1. The number of carbonyl (C=O) groups is 1. The van der Waals surface area contributed by atoms with Crippen LogP contribution in [0.2, 0.25) is 0 Å². The minimum Gasteiger partial charge on any atom is -0.484 e. The second-order valence-electron chi connectivity index (χ2n) is 4.38. The summed E-state index contributed by atoms with van der Waals surface area (Å²) in [4.78, 5) is 13.4. The summed E-state index contributed by atoms with van der Waals surface area (Å²) in [6.45, 7) is 5.79. The molecule has 0 aliphatic heterocycles. The van der Waals surface area contributed by atoms with E-state index >= 15 is 0 Å². The summed E-state index contributed by atoms with van der Waals surface area (Å²) in [6, 6.07) is 9.49. The fourth-order valence-electron chi connectivity index (χ4n) is 1.50. The van der Waals surface area contributed by atoms with Crippen LogP contribution >= 0.6 is 0 Å². The van der Waals surface area contributed by atoms with Gasteiger partial charge in [-0.15, -0.1) is 0 Å². The molecule has 0 aliphatic carbocycles. The average molecular weight is 246 g/mol. The molecule has 1 aromatic carbocycles. The van der Waals surface area contributed by atoms with Crippen LogP contribution in [0.5, 0.6) is 5.75 Å². The van der Waals surface area contributed by atoms with Crippen LogP contribution in [0.25, 0.3) is 0 Å². The molecule has 1 aromatic rings. The second-order valence-corrected chi connectivity index (χ2v) is 4.38. The molecule has 0 aromatic heterocycles. The number of aryl methyl sites for hydroxylation is 1.